The van der Waals surface area contributed by atoms with Crippen molar-refractivity contribution in [2.45, 2.75) is 59.0 Å². The fourth-order valence-electron chi connectivity index (χ4n) is 5.45. The van der Waals surface area contributed by atoms with Crippen LogP contribution in [-0.4, -0.2) is 59.5 Å². The molecular formula is C26H40N4O. The Balaban J connectivity index is 1.19. The van der Waals surface area contributed by atoms with Crippen LogP contribution in [0.5, 0.6) is 0 Å². The second-order valence-electron chi connectivity index (χ2n) is 9.70. The van der Waals surface area contributed by atoms with Gasteiger partial charge in [-0.15, -0.1) is 0 Å². The van der Waals surface area contributed by atoms with Gasteiger partial charge >= 0.3 is 0 Å². The topological polar surface area (TPSA) is 40.5 Å². The van der Waals surface area contributed by atoms with Crippen LogP contribution in [0.25, 0.3) is 10.9 Å². The number of piperidine rings is 2. The van der Waals surface area contributed by atoms with Crippen molar-refractivity contribution in [2.24, 2.45) is 11.8 Å². The van der Waals surface area contributed by atoms with Gasteiger partial charge in [0.2, 0.25) is 5.91 Å². The van der Waals surface area contributed by atoms with Crippen molar-refractivity contribution in [1.29, 1.82) is 0 Å². The molecule has 1 amide bonds. The Bertz CT molecular complexity index is 852. The fraction of sp³-hybridized carbons (Fsp3) is 0.654. The Morgan fingerprint density at radius 2 is 1.90 bits per heavy atom. The molecule has 31 heavy (non-hydrogen) atoms. The summed E-state index contributed by atoms with van der Waals surface area (Å²) in [7, 11) is 0. The summed E-state index contributed by atoms with van der Waals surface area (Å²) in [6.07, 6.45) is 8.02. The van der Waals surface area contributed by atoms with Gasteiger partial charge in [-0.3, -0.25) is 9.69 Å². The maximum atomic E-state index is 12.6. The number of hydrogen-bond donors (Lipinski definition) is 1. The lowest BCUT2D eigenvalue weighted by Gasteiger charge is -2.32. The number of benzene rings is 1. The van der Waals surface area contributed by atoms with E-state index < -0.39 is 0 Å². The number of carbonyl (C=O) groups is 1. The van der Waals surface area contributed by atoms with Crippen LogP contribution in [0, 0.1) is 11.8 Å². The summed E-state index contributed by atoms with van der Waals surface area (Å²) in [4.78, 5) is 17.7. The lowest BCUT2D eigenvalue weighted by atomic mass is 9.95. The van der Waals surface area contributed by atoms with Crippen LogP contribution in [0.4, 0.5) is 0 Å². The second kappa shape index (κ2) is 10.6. The predicted octanol–water partition coefficient (Wildman–Crippen LogP) is 4.11. The molecule has 1 atom stereocenters. The number of amides is 1. The number of aromatic nitrogens is 1. The number of para-hydroxylation sites is 1. The molecular weight excluding hydrogens is 384 g/mol. The van der Waals surface area contributed by atoms with Crippen molar-refractivity contribution in [3.05, 3.63) is 36.0 Å². The number of nitrogens with one attached hydrogen (secondary N) is 1. The summed E-state index contributed by atoms with van der Waals surface area (Å²) in [5.74, 6) is 1.28. The van der Waals surface area contributed by atoms with Crippen molar-refractivity contribution >= 4 is 16.8 Å². The number of fused-ring (bicyclic) bond motifs is 1. The predicted molar refractivity (Wildman–Crippen MR) is 128 cm³/mol. The minimum Gasteiger partial charge on any atom is -0.356 e. The molecule has 4 rings (SSSR count). The van der Waals surface area contributed by atoms with Gasteiger partial charge in [-0.05, 0) is 82.8 Å². The average Bonchev–Trinajstić information content (AvgIpc) is 3.15. The zero-order valence-corrected chi connectivity index (χ0v) is 19.5. The molecule has 2 aliphatic rings. The minimum atomic E-state index is 0.184. The molecule has 2 aliphatic heterocycles. The smallest absolute Gasteiger partial charge is 0.223 e. The van der Waals surface area contributed by atoms with Crippen LogP contribution in [0.2, 0.25) is 0 Å². The Kier molecular flexibility index (Phi) is 7.67. The van der Waals surface area contributed by atoms with E-state index in [0.717, 1.165) is 64.4 Å². The van der Waals surface area contributed by atoms with Gasteiger partial charge in [0, 0.05) is 49.2 Å². The summed E-state index contributed by atoms with van der Waals surface area (Å²) in [5, 5.41) is 4.58. The van der Waals surface area contributed by atoms with E-state index in [4.69, 9.17) is 0 Å². The molecule has 5 heteroatoms. The SMILES string of the molecule is CCn1cc(CN2CCC(C(=O)NCCCN3CCCC(C)C3)CC2)c2ccccc21. The van der Waals surface area contributed by atoms with Gasteiger partial charge in [-0.1, -0.05) is 25.1 Å². The maximum Gasteiger partial charge on any atom is 0.223 e. The highest BCUT2D eigenvalue weighted by Crippen LogP contribution is 2.25. The van der Waals surface area contributed by atoms with Gasteiger partial charge in [-0.2, -0.15) is 0 Å². The van der Waals surface area contributed by atoms with E-state index in [2.05, 4.69) is 64.0 Å². The van der Waals surface area contributed by atoms with Crippen LogP contribution in [0.1, 0.15) is 51.5 Å². The summed E-state index contributed by atoms with van der Waals surface area (Å²) in [6.45, 7) is 12.9. The number of aryl methyl sites for hydroxylation is 1. The minimum absolute atomic E-state index is 0.184. The summed E-state index contributed by atoms with van der Waals surface area (Å²) >= 11 is 0. The second-order valence-corrected chi connectivity index (χ2v) is 9.70. The van der Waals surface area contributed by atoms with E-state index in [-0.39, 0.29) is 11.8 Å². The third kappa shape index (κ3) is 5.69. The molecule has 0 bridgehead atoms. The summed E-state index contributed by atoms with van der Waals surface area (Å²) in [5.41, 5.74) is 2.74. The van der Waals surface area contributed by atoms with Crippen LogP contribution in [0.15, 0.2) is 30.5 Å². The van der Waals surface area contributed by atoms with Gasteiger partial charge < -0.3 is 14.8 Å². The average molecular weight is 425 g/mol. The molecule has 0 radical (unpaired) electrons. The van der Waals surface area contributed by atoms with Crippen molar-refractivity contribution in [3.8, 4) is 0 Å². The van der Waals surface area contributed by atoms with Gasteiger partial charge in [0.15, 0.2) is 0 Å². The molecule has 5 nitrogen and oxygen atoms in total. The van der Waals surface area contributed by atoms with Crippen molar-refractivity contribution in [3.63, 3.8) is 0 Å². The first-order valence-electron chi connectivity index (χ1n) is 12.4. The van der Waals surface area contributed by atoms with Crippen molar-refractivity contribution < 1.29 is 4.79 Å². The number of rotatable bonds is 8. The molecule has 1 N–H and O–H groups in total. The van der Waals surface area contributed by atoms with E-state index in [9.17, 15) is 4.79 Å². The molecule has 2 saturated heterocycles. The van der Waals surface area contributed by atoms with Gasteiger partial charge in [-0.25, -0.2) is 0 Å². The molecule has 2 fully saturated rings. The molecule has 0 aliphatic carbocycles. The lowest BCUT2D eigenvalue weighted by Crippen LogP contribution is -2.41. The van der Waals surface area contributed by atoms with E-state index in [1.165, 1.54) is 42.4 Å². The number of nitrogens with zero attached hydrogens (tertiary/aromatic N) is 3. The molecule has 0 spiro atoms. The van der Waals surface area contributed by atoms with Gasteiger partial charge in [0.1, 0.15) is 0 Å². The third-order valence-corrected chi connectivity index (χ3v) is 7.26. The molecule has 2 aromatic rings. The van der Waals surface area contributed by atoms with E-state index in [1.54, 1.807) is 0 Å². The van der Waals surface area contributed by atoms with E-state index in [1.807, 2.05) is 0 Å². The first-order chi connectivity index (χ1) is 15.1. The lowest BCUT2D eigenvalue weighted by molar-refractivity contribution is -0.126. The molecule has 1 aromatic heterocycles. The zero-order chi connectivity index (χ0) is 21.6. The standard InChI is InChI=1S/C26H40N4O/c1-3-30-20-23(24-9-4-5-10-25(24)30)19-29-16-11-22(12-17-29)26(31)27-13-7-15-28-14-6-8-21(2)18-28/h4-5,9-10,20-22H,3,6-8,11-19H2,1-2H3,(H,27,31). The van der Waals surface area contributed by atoms with Gasteiger partial charge in [0.25, 0.3) is 0 Å². The normalized spacial score (nSPS) is 21.5. The highest BCUT2D eigenvalue weighted by molar-refractivity contribution is 5.84. The first-order valence-corrected chi connectivity index (χ1v) is 12.4. The first kappa shape index (κ1) is 22.3. The Morgan fingerprint density at radius 3 is 2.68 bits per heavy atom. The molecule has 3 heterocycles. The van der Waals surface area contributed by atoms with E-state index >= 15 is 0 Å². The van der Waals surface area contributed by atoms with E-state index in [0.29, 0.717) is 0 Å². The van der Waals surface area contributed by atoms with Crippen molar-refractivity contribution in [2.75, 3.05) is 39.3 Å². The number of likely N-dealkylation sites (tertiary alicyclic amines) is 2. The van der Waals surface area contributed by atoms with Crippen LogP contribution in [0.3, 0.4) is 0 Å². The molecule has 170 valence electrons. The molecule has 1 aromatic carbocycles. The molecule has 0 saturated carbocycles. The zero-order valence-electron chi connectivity index (χ0n) is 19.5. The monoisotopic (exact) mass is 424 g/mol. The highest BCUT2D eigenvalue weighted by atomic mass is 16.1. The van der Waals surface area contributed by atoms with Gasteiger partial charge in [0.05, 0.1) is 0 Å². The summed E-state index contributed by atoms with van der Waals surface area (Å²) in [6, 6.07) is 8.70. The van der Waals surface area contributed by atoms with Crippen LogP contribution in [-0.2, 0) is 17.9 Å². The third-order valence-electron chi connectivity index (χ3n) is 7.26. The Labute approximate surface area is 187 Å². The maximum absolute atomic E-state index is 12.6. The number of hydrogen-bond acceptors (Lipinski definition) is 3. The Morgan fingerprint density at radius 1 is 1.10 bits per heavy atom. The largest absolute Gasteiger partial charge is 0.356 e. The fourth-order valence-corrected chi connectivity index (χ4v) is 5.45. The Hall–Kier alpha value is -1.85. The quantitative estimate of drug-likeness (QED) is 0.648. The van der Waals surface area contributed by atoms with Crippen LogP contribution < -0.4 is 5.32 Å². The summed E-state index contributed by atoms with van der Waals surface area (Å²) < 4.78 is 2.34. The van der Waals surface area contributed by atoms with Crippen molar-refractivity contribution in [1.82, 2.24) is 19.7 Å². The van der Waals surface area contributed by atoms with Crippen LogP contribution >= 0.6 is 0 Å². The molecule has 1 unspecified atom stereocenters. The number of carbonyl (C=O) groups excluding carboxylic acids is 1. The highest BCUT2D eigenvalue weighted by Gasteiger charge is 2.25.